The number of aromatic nitrogens is 3. The molecule has 2 aromatic heterocycles. The van der Waals surface area contributed by atoms with Gasteiger partial charge in [-0.3, -0.25) is 4.79 Å². The van der Waals surface area contributed by atoms with E-state index < -0.39 is 0 Å². The highest BCUT2D eigenvalue weighted by Crippen LogP contribution is 2.33. The standard InChI is InChI=1S/C23H24N6O2/c1-15-10-17(11-24)4-6-19(15)20-13-26-29(23(20)31)21-7-5-18(12-25-21)22(30)28-9-8-27(3)14-16(28)2/h4-7,10,12-13,16,31H,8-9,14H2,1-3H3/t16-/m1/s1. The lowest BCUT2D eigenvalue weighted by Gasteiger charge is -2.38. The second-order valence-electron chi connectivity index (χ2n) is 7.95. The molecule has 3 heterocycles. The maximum atomic E-state index is 12.9. The Labute approximate surface area is 181 Å². The summed E-state index contributed by atoms with van der Waals surface area (Å²) in [6, 6.07) is 10.9. The molecule has 1 fully saturated rings. The van der Waals surface area contributed by atoms with E-state index in [2.05, 4.69) is 28.1 Å². The summed E-state index contributed by atoms with van der Waals surface area (Å²) < 4.78 is 1.33. The maximum Gasteiger partial charge on any atom is 0.255 e. The van der Waals surface area contributed by atoms with Gasteiger partial charge in [0, 0.05) is 31.9 Å². The van der Waals surface area contributed by atoms with E-state index in [0.717, 1.165) is 24.2 Å². The Balaban J connectivity index is 1.58. The Morgan fingerprint density at radius 1 is 1.19 bits per heavy atom. The van der Waals surface area contributed by atoms with E-state index in [4.69, 9.17) is 5.26 Å². The molecule has 0 unspecified atom stereocenters. The van der Waals surface area contributed by atoms with Crippen molar-refractivity contribution in [1.29, 1.82) is 5.26 Å². The van der Waals surface area contributed by atoms with Crippen molar-refractivity contribution in [3.8, 4) is 28.9 Å². The third kappa shape index (κ3) is 3.88. The lowest BCUT2D eigenvalue weighted by Crippen LogP contribution is -2.52. The number of aromatic hydroxyl groups is 1. The normalized spacial score (nSPS) is 16.8. The van der Waals surface area contributed by atoms with Crippen molar-refractivity contribution in [1.82, 2.24) is 24.6 Å². The zero-order chi connectivity index (χ0) is 22.1. The van der Waals surface area contributed by atoms with Gasteiger partial charge in [0.15, 0.2) is 5.82 Å². The van der Waals surface area contributed by atoms with Gasteiger partial charge in [0.2, 0.25) is 5.88 Å². The molecule has 1 aromatic carbocycles. The number of carbonyl (C=O) groups excluding carboxylic acids is 1. The molecule has 0 bridgehead atoms. The molecule has 158 valence electrons. The Morgan fingerprint density at radius 3 is 2.65 bits per heavy atom. The molecule has 31 heavy (non-hydrogen) atoms. The molecule has 4 rings (SSSR count). The Morgan fingerprint density at radius 2 is 2.00 bits per heavy atom. The molecule has 1 aliphatic heterocycles. The minimum atomic E-state index is -0.0490. The van der Waals surface area contributed by atoms with Crippen molar-refractivity contribution in [3.05, 3.63) is 59.4 Å². The van der Waals surface area contributed by atoms with Crippen LogP contribution in [0.1, 0.15) is 28.4 Å². The van der Waals surface area contributed by atoms with Crippen LogP contribution in [0.25, 0.3) is 16.9 Å². The number of hydrogen-bond donors (Lipinski definition) is 1. The number of hydrogen-bond acceptors (Lipinski definition) is 6. The van der Waals surface area contributed by atoms with Crippen LogP contribution in [0.4, 0.5) is 0 Å². The number of piperazine rings is 1. The molecule has 8 heteroatoms. The first-order valence-electron chi connectivity index (χ1n) is 10.1. The summed E-state index contributed by atoms with van der Waals surface area (Å²) in [6.45, 7) is 6.30. The van der Waals surface area contributed by atoms with Crippen molar-refractivity contribution in [2.45, 2.75) is 19.9 Å². The largest absolute Gasteiger partial charge is 0.493 e. The number of aryl methyl sites for hydroxylation is 1. The fraction of sp³-hybridized carbons (Fsp3) is 0.304. The van der Waals surface area contributed by atoms with Crippen molar-refractivity contribution < 1.29 is 9.90 Å². The molecule has 1 amide bonds. The minimum absolute atomic E-state index is 0.0433. The minimum Gasteiger partial charge on any atom is -0.493 e. The summed E-state index contributed by atoms with van der Waals surface area (Å²) in [5.74, 6) is 0.323. The van der Waals surface area contributed by atoms with Crippen molar-refractivity contribution in [2.24, 2.45) is 0 Å². The van der Waals surface area contributed by atoms with Crippen LogP contribution in [0, 0.1) is 18.3 Å². The summed E-state index contributed by atoms with van der Waals surface area (Å²) in [6.07, 6.45) is 3.09. The molecule has 1 saturated heterocycles. The third-order valence-corrected chi connectivity index (χ3v) is 5.69. The van der Waals surface area contributed by atoms with Gasteiger partial charge in [-0.15, -0.1) is 0 Å². The molecule has 8 nitrogen and oxygen atoms in total. The highest BCUT2D eigenvalue weighted by atomic mass is 16.3. The zero-order valence-electron chi connectivity index (χ0n) is 17.8. The molecule has 0 aliphatic carbocycles. The van der Waals surface area contributed by atoms with Crippen LogP contribution in [0.5, 0.6) is 5.88 Å². The predicted molar refractivity (Wildman–Crippen MR) is 116 cm³/mol. The number of nitrogens with zero attached hydrogens (tertiary/aromatic N) is 6. The van der Waals surface area contributed by atoms with Gasteiger partial charge in [0.25, 0.3) is 5.91 Å². The topological polar surface area (TPSA) is 98.3 Å². The number of nitriles is 1. The number of rotatable bonds is 3. The molecule has 0 radical (unpaired) electrons. The van der Waals surface area contributed by atoms with E-state index in [0.29, 0.717) is 29.1 Å². The quantitative estimate of drug-likeness (QED) is 0.705. The SMILES string of the molecule is Cc1cc(C#N)ccc1-c1cnn(-c2ccc(C(=O)N3CCN(C)C[C@H]3C)cn2)c1O. The van der Waals surface area contributed by atoms with Crippen molar-refractivity contribution in [3.63, 3.8) is 0 Å². The van der Waals surface area contributed by atoms with Gasteiger partial charge in [-0.1, -0.05) is 6.07 Å². The summed E-state index contributed by atoms with van der Waals surface area (Å²) in [7, 11) is 2.05. The van der Waals surface area contributed by atoms with E-state index in [9.17, 15) is 9.90 Å². The van der Waals surface area contributed by atoms with Crippen LogP contribution in [0.15, 0.2) is 42.7 Å². The lowest BCUT2D eigenvalue weighted by molar-refractivity contribution is 0.0533. The molecular weight excluding hydrogens is 392 g/mol. The summed E-state index contributed by atoms with van der Waals surface area (Å²) >= 11 is 0. The number of carbonyl (C=O) groups is 1. The van der Waals surface area contributed by atoms with Crippen LogP contribution in [-0.2, 0) is 0 Å². The lowest BCUT2D eigenvalue weighted by atomic mass is 10.0. The van der Waals surface area contributed by atoms with Crippen LogP contribution < -0.4 is 0 Å². The fourth-order valence-electron chi connectivity index (χ4n) is 3.98. The number of pyridine rings is 1. The van der Waals surface area contributed by atoms with Gasteiger partial charge >= 0.3 is 0 Å². The zero-order valence-corrected chi connectivity index (χ0v) is 17.8. The first-order valence-corrected chi connectivity index (χ1v) is 10.1. The second-order valence-corrected chi connectivity index (χ2v) is 7.95. The van der Waals surface area contributed by atoms with Crippen molar-refractivity contribution in [2.75, 3.05) is 26.7 Å². The smallest absolute Gasteiger partial charge is 0.255 e. The fourth-order valence-corrected chi connectivity index (χ4v) is 3.98. The molecule has 0 spiro atoms. The first kappa shape index (κ1) is 20.6. The van der Waals surface area contributed by atoms with E-state index in [1.165, 1.54) is 10.9 Å². The van der Waals surface area contributed by atoms with Gasteiger partial charge in [-0.2, -0.15) is 15.0 Å². The average Bonchev–Trinajstić information content (AvgIpc) is 3.14. The maximum absolute atomic E-state index is 12.9. The van der Waals surface area contributed by atoms with Gasteiger partial charge < -0.3 is 14.9 Å². The predicted octanol–water partition coefficient (Wildman–Crippen LogP) is 2.60. The number of benzene rings is 1. The van der Waals surface area contributed by atoms with Gasteiger partial charge in [-0.25, -0.2) is 4.98 Å². The Hall–Kier alpha value is -3.70. The first-order chi connectivity index (χ1) is 14.9. The van der Waals surface area contributed by atoms with Crippen LogP contribution in [-0.4, -0.2) is 68.3 Å². The monoisotopic (exact) mass is 416 g/mol. The Bertz CT molecular complexity index is 1160. The van der Waals surface area contributed by atoms with Crippen LogP contribution in [0.3, 0.4) is 0 Å². The van der Waals surface area contributed by atoms with Crippen LogP contribution in [0.2, 0.25) is 0 Å². The highest BCUT2D eigenvalue weighted by molar-refractivity contribution is 5.94. The Kier molecular flexibility index (Phi) is 5.44. The van der Waals surface area contributed by atoms with E-state index in [1.54, 1.807) is 36.5 Å². The third-order valence-electron chi connectivity index (χ3n) is 5.69. The molecule has 0 saturated carbocycles. The highest BCUT2D eigenvalue weighted by Gasteiger charge is 2.27. The van der Waals surface area contributed by atoms with Crippen molar-refractivity contribution >= 4 is 5.91 Å². The molecule has 1 aliphatic rings. The van der Waals surface area contributed by atoms with Gasteiger partial charge in [-0.05, 0) is 56.3 Å². The molecule has 1 N–H and O–H groups in total. The summed E-state index contributed by atoms with van der Waals surface area (Å²) in [5, 5.41) is 24.1. The van der Waals surface area contributed by atoms with Gasteiger partial charge in [0.1, 0.15) is 0 Å². The second kappa shape index (κ2) is 8.20. The van der Waals surface area contributed by atoms with Crippen LogP contribution >= 0.6 is 0 Å². The van der Waals surface area contributed by atoms with E-state index in [-0.39, 0.29) is 17.8 Å². The summed E-state index contributed by atoms with van der Waals surface area (Å²) in [5.41, 5.74) is 3.28. The molecular formula is C23H24N6O2. The number of likely N-dealkylation sites (N-methyl/N-ethyl adjacent to an activating group) is 1. The molecule has 3 aromatic rings. The molecule has 1 atom stereocenters. The number of amides is 1. The van der Waals surface area contributed by atoms with Gasteiger partial charge in [0.05, 0.1) is 29.0 Å². The summed E-state index contributed by atoms with van der Waals surface area (Å²) in [4.78, 5) is 21.3. The average molecular weight is 416 g/mol. The van der Waals surface area contributed by atoms with E-state index in [1.807, 2.05) is 18.7 Å². The van der Waals surface area contributed by atoms with E-state index >= 15 is 0 Å².